The highest BCUT2D eigenvalue weighted by atomic mass is 32.2. The normalized spacial score (nSPS) is 15.4. The SMILES string of the molecule is CC(C)N1C(=O)S/C(=C/c2ccccc2OCC(=O)Nc2ccccc2)C1=O. The molecule has 0 unspecified atom stereocenters. The van der Waals surface area contributed by atoms with Crippen LogP contribution in [0.2, 0.25) is 0 Å². The van der Waals surface area contributed by atoms with Crippen LogP contribution >= 0.6 is 11.8 Å². The Balaban J connectivity index is 1.71. The summed E-state index contributed by atoms with van der Waals surface area (Å²) < 4.78 is 5.64. The number of anilines is 1. The Morgan fingerprint density at radius 2 is 1.79 bits per heavy atom. The molecule has 0 bridgehead atoms. The van der Waals surface area contributed by atoms with Crippen LogP contribution in [-0.4, -0.2) is 34.6 Å². The number of nitrogens with one attached hydrogen (secondary N) is 1. The lowest BCUT2D eigenvalue weighted by Crippen LogP contribution is -2.34. The number of benzene rings is 2. The van der Waals surface area contributed by atoms with Gasteiger partial charge in [0.1, 0.15) is 5.75 Å². The van der Waals surface area contributed by atoms with Gasteiger partial charge in [0.15, 0.2) is 6.61 Å². The van der Waals surface area contributed by atoms with Crippen LogP contribution in [0.25, 0.3) is 6.08 Å². The van der Waals surface area contributed by atoms with Crippen molar-refractivity contribution >= 4 is 40.6 Å². The Morgan fingerprint density at radius 1 is 1.11 bits per heavy atom. The summed E-state index contributed by atoms with van der Waals surface area (Å²) >= 11 is 0.904. The minimum atomic E-state index is -0.318. The molecule has 2 aromatic rings. The van der Waals surface area contributed by atoms with E-state index in [2.05, 4.69) is 5.32 Å². The van der Waals surface area contributed by atoms with Crippen molar-refractivity contribution in [3.05, 3.63) is 65.1 Å². The number of rotatable bonds is 6. The molecule has 7 heteroatoms. The zero-order valence-electron chi connectivity index (χ0n) is 15.5. The average Bonchev–Trinajstić information content (AvgIpc) is 2.95. The van der Waals surface area contributed by atoms with Crippen molar-refractivity contribution in [2.45, 2.75) is 19.9 Å². The molecule has 1 aliphatic rings. The first-order valence-electron chi connectivity index (χ1n) is 8.79. The van der Waals surface area contributed by atoms with Crippen LogP contribution in [0, 0.1) is 0 Å². The third-order valence-corrected chi connectivity index (χ3v) is 4.85. The maximum atomic E-state index is 12.5. The Bertz CT molecular complexity index is 925. The second-order valence-electron chi connectivity index (χ2n) is 6.39. The summed E-state index contributed by atoms with van der Waals surface area (Å²) in [4.78, 5) is 38.2. The van der Waals surface area contributed by atoms with E-state index in [4.69, 9.17) is 4.74 Å². The molecule has 0 aliphatic carbocycles. The van der Waals surface area contributed by atoms with Crippen LogP contribution in [0.1, 0.15) is 19.4 Å². The van der Waals surface area contributed by atoms with Gasteiger partial charge in [-0.15, -0.1) is 0 Å². The van der Waals surface area contributed by atoms with E-state index in [0.717, 1.165) is 11.8 Å². The van der Waals surface area contributed by atoms with Gasteiger partial charge in [-0.05, 0) is 49.9 Å². The van der Waals surface area contributed by atoms with Crippen LogP contribution < -0.4 is 10.1 Å². The van der Waals surface area contributed by atoms with E-state index >= 15 is 0 Å². The predicted octanol–water partition coefficient (Wildman–Crippen LogP) is 4.15. The van der Waals surface area contributed by atoms with Gasteiger partial charge in [0.05, 0.1) is 4.91 Å². The number of carbonyl (C=O) groups is 3. The number of imide groups is 1. The summed E-state index contributed by atoms with van der Waals surface area (Å²) in [6, 6.07) is 16.0. The molecule has 1 N–H and O–H groups in total. The molecule has 3 amide bonds. The van der Waals surface area contributed by atoms with Gasteiger partial charge in [0.2, 0.25) is 0 Å². The lowest BCUT2D eigenvalue weighted by Gasteiger charge is -2.16. The van der Waals surface area contributed by atoms with Crippen molar-refractivity contribution in [1.82, 2.24) is 4.90 Å². The zero-order valence-corrected chi connectivity index (χ0v) is 16.4. The van der Waals surface area contributed by atoms with Gasteiger partial charge in [0.25, 0.3) is 17.1 Å². The Morgan fingerprint density at radius 3 is 2.46 bits per heavy atom. The van der Waals surface area contributed by atoms with E-state index in [1.165, 1.54) is 4.90 Å². The van der Waals surface area contributed by atoms with Gasteiger partial charge < -0.3 is 10.1 Å². The van der Waals surface area contributed by atoms with Crippen LogP contribution in [0.5, 0.6) is 5.75 Å². The third kappa shape index (κ3) is 4.61. The molecule has 2 aromatic carbocycles. The highest BCUT2D eigenvalue weighted by molar-refractivity contribution is 8.18. The minimum Gasteiger partial charge on any atom is -0.483 e. The smallest absolute Gasteiger partial charge is 0.293 e. The van der Waals surface area contributed by atoms with Gasteiger partial charge >= 0.3 is 0 Å². The number of thioether (sulfide) groups is 1. The first-order chi connectivity index (χ1) is 13.5. The van der Waals surface area contributed by atoms with Gasteiger partial charge in [0, 0.05) is 17.3 Å². The number of amides is 3. The fourth-order valence-electron chi connectivity index (χ4n) is 2.66. The molecule has 0 saturated carbocycles. The molecule has 1 fully saturated rings. The number of para-hydroxylation sites is 2. The van der Waals surface area contributed by atoms with Crippen molar-refractivity contribution in [2.24, 2.45) is 0 Å². The molecule has 0 aromatic heterocycles. The Kier molecular flexibility index (Phi) is 6.16. The maximum Gasteiger partial charge on any atom is 0.293 e. The number of hydrogen-bond acceptors (Lipinski definition) is 5. The number of hydrogen-bond donors (Lipinski definition) is 1. The fourth-order valence-corrected chi connectivity index (χ4v) is 3.61. The summed E-state index contributed by atoms with van der Waals surface area (Å²) in [5.74, 6) is -0.148. The summed E-state index contributed by atoms with van der Waals surface area (Å²) in [5.41, 5.74) is 1.32. The van der Waals surface area contributed by atoms with Crippen LogP contribution in [0.3, 0.4) is 0 Å². The van der Waals surface area contributed by atoms with E-state index in [0.29, 0.717) is 21.9 Å². The van der Waals surface area contributed by atoms with E-state index in [1.807, 2.05) is 18.2 Å². The standard InChI is InChI=1S/C21H20N2O4S/c1-14(2)23-20(25)18(28-21(23)26)12-15-8-6-7-11-17(15)27-13-19(24)22-16-9-4-3-5-10-16/h3-12,14H,13H2,1-2H3,(H,22,24)/b18-12+. The molecule has 28 heavy (non-hydrogen) atoms. The van der Waals surface area contributed by atoms with Gasteiger partial charge in [-0.1, -0.05) is 36.4 Å². The summed E-state index contributed by atoms with van der Waals surface area (Å²) in [6.07, 6.45) is 1.62. The summed E-state index contributed by atoms with van der Waals surface area (Å²) in [5, 5.41) is 2.46. The van der Waals surface area contributed by atoms with Crippen molar-refractivity contribution in [1.29, 1.82) is 0 Å². The maximum absolute atomic E-state index is 12.5. The van der Waals surface area contributed by atoms with E-state index < -0.39 is 0 Å². The van der Waals surface area contributed by atoms with Crippen molar-refractivity contribution in [2.75, 3.05) is 11.9 Å². The zero-order chi connectivity index (χ0) is 20.1. The predicted molar refractivity (Wildman–Crippen MR) is 110 cm³/mol. The summed E-state index contributed by atoms with van der Waals surface area (Å²) in [6.45, 7) is 3.41. The van der Waals surface area contributed by atoms with Crippen LogP contribution in [-0.2, 0) is 9.59 Å². The topological polar surface area (TPSA) is 75.7 Å². The number of carbonyl (C=O) groups excluding carboxylic acids is 3. The molecular formula is C21H20N2O4S. The first-order valence-corrected chi connectivity index (χ1v) is 9.61. The largest absolute Gasteiger partial charge is 0.483 e. The molecule has 1 aliphatic heterocycles. The quantitative estimate of drug-likeness (QED) is 0.743. The molecule has 0 atom stereocenters. The van der Waals surface area contributed by atoms with E-state index in [1.54, 1.807) is 56.3 Å². The molecule has 3 rings (SSSR count). The molecule has 1 heterocycles. The van der Waals surface area contributed by atoms with Crippen LogP contribution in [0.15, 0.2) is 59.5 Å². The second-order valence-corrected chi connectivity index (χ2v) is 7.38. The van der Waals surface area contributed by atoms with Gasteiger partial charge in [-0.2, -0.15) is 0 Å². The van der Waals surface area contributed by atoms with Crippen molar-refractivity contribution in [3.8, 4) is 5.75 Å². The average molecular weight is 396 g/mol. The molecule has 6 nitrogen and oxygen atoms in total. The van der Waals surface area contributed by atoms with Crippen molar-refractivity contribution < 1.29 is 19.1 Å². The summed E-state index contributed by atoms with van der Waals surface area (Å²) in [7, 11) is 0. The molecule has 1 saturated heterocycles. The minimum absolute atomic E-state index is 0.173. The molecule has 0 spiro atoms. The fraction of sp³-hybridized carbons (Fsp3) is 0.190. The Hall–Kier alpha value is -3.06. The second kappa shape index (κ2) is 8.75. The Labute approximate surface area is 167 Å². The highest BCUT2D eigenvalue weighted by Gasteiger charge is 2.36. The lowest BCUT2D eigenvalue weighted by molar-refractivity contribution is -0.123. The number of nitrogens with zero attached hydrogens (tertiary/aromatic N) is 1. The number of ether oxygens (including phenoxy) is 1. The molecule has 144 valence electrons. The van der Waals surface area contributed by atoms with Gasteiger partial charge in [-0.3, -0.25) is 19.3 Å². The molecular weight excluding hydrogens is 376 g/mol. The van der Waals surface area contributed by atoms with E-state index in [-0.39, 0.29) is 29.7 Å². The first kappa shape index (κ1) is 19.7. The lowest BCUT2D eigenvalue weighted by atomic mass is 10.2. The van der Waals surface area contributed by atoms with Gasteiger partial charge in [-0.25, -0.2) is 0 Å². The van der Waals surface area contributed by atoms with Crippen LogP contribution in [0.4, 0.5) is 10.5 Å². The van der Waals surface area contributed by atoms with E-state index in [9.17, 15) is 14.4 Å². The monoisotopic (exact) mass is 396 g/mol. The molecule has 0 radical (unpaired) electrons. The third-order valence-electron chi connectivity index (χ3n) is 3.96. The van der Waals surface area contributed by atoms with Crippen molar-refractivity contribution in [3.63, 3.8) is 0 Å². The highest BCUT2D eigenvalue weighted by Crippen LogP contribution is 2.35.